The lowest BCUT2D eigenvalue weighted by Crippen LogP contribution is -2.46. The van der Waals surface area contributed by atoms with Crippen LogP contribution in [0.4, 0.5) is 15.8 Å². The first-order valence-corrected chi connectivity index (χ1v) is 19.5. The van der Waals surface area contributed by atoms with Crippen LogP contribution in [0.15, 0.2) is 47.4 Å². The van der Waals surface area contributed by atoms with Crippen molar-refractivity contribution >= 4 is 35.5 Å². The molecule has 2 unspecified atom stereocenters. The van der Waals surface area contributed by atoms with E-state index in [2.05, 4.69) is 79.8 Å². The van der Waals surface area contributed by atoms with Crippen LogP contribution < -0.4 is 14.5 Å². The zero-order chi connectivity index (χ0) is 33.2. The molecule has 3 fully saturated rings. The van der Waals surface area contributed by atoms with Crippen LogP contribution in [0.3, 0.4) is 0 Å². The number of anilines is 2. The Morgan fingerprint density at radius 3 is 2.11 bits per heavy atom. The molecule has 1 saturated carbocycles. The molecule has 2 saturated heterocycles. The first-order valence-electron chi connectivity index (χ1n) is 18.0. The van der Waals surface area contributed by atoms with E-state index in [1.165, 1.54) is 80.8 Å². The lowest BCUT2D eigenvalue weighted by molar-refractivity contribution is 0.120. The zero-order valence-corrected chi connectivity index (χ0v) is 31.2. The first kappa shape index (κ1) is 36.6. The third-order valence-electron chi connectivity index (χ3n) is 10.2. The first-order chi connectivity index (χ1) is 22.8. The Hall–Kier alpha value is -1.69. The molecule has 2 aromatic rings. The molecule has 0 aromatic heterocycles. The van der Waals surface area contributed by atoms with Crippen molar-refractivity contribution in [3.8, 4) is 5.75 Å². The molecule has 2 atom stereocenters. The lowest BCUT2D eigenvalue weighted by atomic mass is 9.84. The van der Waals surface area contributed by atoms with E-state index in [9.17, 15) is 4.39 Å². The average Bonchev–Trinajstić information content (AvgIpc) is 3.07. The molecule has 1 aliphatic carbocycles. The highest BCUT2D eigenvalue weighted by atomic mass is 32.2. The molecule has 7 nitrogen and oxygen atoms in total. The van der Waals surface area contributed by atoms with Gasteiger partial charge in [0.05, 0.1) is 12.8 Å². The highest BCUT2D eigenvalue weighted by Crippen LogP contribution is 2.33. The third-order valence-corrected chi connectivity index (χ3v) is 12.4. The number of rotatable bonds is 9. The largest absolute Gasteiger partial charge is 0.494 e. The average molecular weight is 687 g/mol. The fraction of sp³-hybridized carbons (Fsp3) is 0.676. The van der Waals surface area contributed by atoms with Crippen LogP contribution in [0.2, 0.25) is 0 Å². The van der Waals surface area contributed by atoms with E-state index in [-0.39, 0.29) is 5.82 Å². The van der Waals surface area contributed by atoms with Crippen molar-refractivity contribution in [2.45, 2.75) is 69.7 Å². The Morgan fingerprint density at radius 1 is 0.787 bits per heavy atom. The van der Waals surface area contributed by atoms with Gasteiger partial charge in [-0.05, 0) is 106 Å². The fourth-order valence-corrected chi connectivity index (χ4v) is 9.76. The van der Waals surface area contributed by atoms with Gasteiger partial charge in [0.1, 0.15) is 11.6 Å². The summed E-state index contributed by atoms with van der Waals surface area (Å²) in [6, 6.07) is 14.6. The van der Waals surface area contributed by atoms with E-state index in [1.807, 2.05) is 30.1 Å². The minimum absolute atomic E-state index is 0.255. The van der Waals surface area contributed by atoms with Crippen LogP contribution in [-0.4, -0.2) is 111 Å². The summed E-state index contributed by atoms with van der Waals surface area (Å²) in [5.74, 6) is 1.76. The highest BCUT2D eigenvalue weighted by molar-refractivity contribution is 7.97. The molecule has 0 bridgehead atoms. The SMILES string of the molecule is COc1cc(F)ccc1N1CCN(SN2CCCN(C(C)C3CCCCC3)CCCN(Sc3ccc(N(C)C)cc3)CC(C)C2)CC1. The molecule has 0 N–H and O–H groups in total. The molecule has 2 aromatic carbocycles. The lowest BCUT2D eigenvalue weighted by Gasteiger charge is -2.40. The number of halogens is 1. The van der Waals surface area contributed by atoms with Gasteiger partial charge in [0.2, 0.25) is 0 Å². The minimum atomic E-state index is -0.255. The van der Waals surface area contributed by atoms with Crippen LogP contribution in [0, 0.1) is 17.7 Å². The summed E-state index contributed by atoms with van der Waals surface area (Å²) in [5.41, 5.74) is 2.23. The molecule has 3 aliphatic rings. The van der Waals surface area contributed by atoms with Crippen LogP contribution in [0.25, 0.3) is 0 Å². The molecule has 2 heterocycles. The van der Waals surface area contributed by atoms with Gasteiger partial charge in [0, 0.05) is 101 Å². The summed E-state index contributed by atoms with van der Waals surface area (Å²) in [7, 11) is 5.83. The Labute approximate surface area is 293 Å². The summed E-state index contributed by atoms with van der Waals surface area (Å²) < 4.78 is 27.2. The molecule has 0 spiro atoms. The van der Waals surface area contributed by atoms with E-state index in [0.29, 0.717) is 17.7 Å². The van der Waals surface area contributed by atoms with Crippen LogP contribution >= 0.6 is 24.1 Å². The Morgan fingerprint density at radius 2 is 1.45 bits per heavy atom. The van der Waals surface area contributed by atoms with Crippen LogP contribution in [-0.2, 0) is 0 Å². The monoisotopic (exact) mass is 686 g/mol. The van der Waals surface area contributed by atoms with E-state index < -0.39 is 0 Å². The summed E-state index contributed by atoms with van der Waals surface area (Å²) >= 11 is 3.89. The number of methoxy groups -OCH3 is 1. The molecule has 262 valence electrons. The smallest absolute Gasteiger partial charge is 0.145 e. The van der Waals surface area contributed by atoms with Gasteiger partial charge in [-0.2, -0.15) is 0 Å². The second-order valence-electron chi connectivity index (χ2n) is 14.1. The Kier molecular flexibility index (Phi) is 14.3. The molecule has 5 rings (SSSR count). The molecule has 47 heavy (non-hydrogen) atoms. The van der Waals surface area contributed by atoms with Gasteiger partial charge in [-0.1, -0.05) is 26.2 Å². The highest BCUT2D eigenvalue weighted by Gasteiger charge is 2.28. The number of piperazine rings is 1. The van der Waals surface area contributed by atoms with Crippen molar-refractivity contribution in [1.82, 2.24) is 17.8 Å². The molecule has 0 radical (unpaired) electrons. The van der Waals surface area contributed by atoms with Crippen molar-refractivity contribution < 1.29 is 9.13 Å². The van der Waals surface area contributed by atoms with Crippen molar-refractivity contribution in [2.75, 3.05) is 96.5 Å². The normalized spacial score (nSPS) is 23.2. The predicted octanol–water partition coefficient (Wildman–Crippen LogP) is 7.60. The Bertz CT molecular complexity index is 1210. The molecule has 0 amide bonds. The summed E-state index contributed by atoms with van der Waals surface area (Å²) in [4.78, 5) is 8.66. The Balaban J connectivity index is 1.24. The van der Waals surface area contributed by atoms with Crippen molar-refractivity contribution in [2.24, 2.45) is 11.8 Å². The number of hydrogen-bond acceptors (Lipinski definition) is 9. The number of hydrogen-bond donors (Lipinski definition) is 0. The van der Waals surface area contributed by atoms with Crippen molar-refractivity contribution in [3.05, 3.63) is 48.3 Å². The topological polar surface area (TPSA) is 28.7 Å². The minimum Gasteiger partial charge on any atom is -0.494 e. The van der Waals surface area contributed by atoms with Crippen molar-refractivity contribution in [3.63, 3.8) is 0 Å². The van der Waals surface area contributed by atoms with Gasteiger partial charge >= 0.3 is 0 Å². The van der Waals surface area contributed by atoms with Crippen LogP contribution in [0.1, 0.15) is 58.8 Å². The second kappa shape index (κ2) is 18.3. The summed E-state index contributed by atoms with van der Waals surface area (Å²) in [6.45, 7) is 15.4. The maximum atomic E-state index is 13.8. The fourth-order valence-electron chi connectivity index (χ4n) is 7.47. The van der Waals surface area contributed by atoms with Gasteiger partial charge in [-0.15, -0.1) is 0 Å². The van der Waals surface area contributed by atoms with Crippen LogP contribution in [0.5, 0.6) is 5.75 Å². The van der Waals surface area contributed by atoms with Gasteiger partial charge in [0.15, 0.2) is 0 Å². The molecule has 2 aliphatic heterocycles. The molecule has 10 heteroatoms. The molecular formula is C37H59FN6OS2. The van der Waals surface area contributed by atoms with E-state index >= 15 is 0 Å². The number of nitrogens with zero attached hydrogens (tertiary/aromatic N) is 6. The predicted molar refractivity (Wildman–Crippen MR) is 200 cm³/mol. The van der Waals surface area contributed by atoms with Gasteiger partial charge in [0.25, 0.3) is 0 Å². The number of benzene rings is 2. The van der Waals surface area contributed by atoms with E-state index in [0.717, 1.165) is 64.0 Å². The maximum Gasteiger partial charge on any atom is 0.145 e. The zero-order valence-electron chi connectivity index (χ0n) is 29.6. The standard InChI is InChI=1S/C37H59FN6OS2/c1-30-28-43(46-35-16-14-34(15-17-35)39(3)4)21-9-19-40(31(2)32-11-7-6-8-12-32)20-10-22-44(29-30)47-42-25-23-41(24-26-42)36-18-13-33(38)27-37(36)45-5/h13-18,27,30-32H,6-12,19-26,28-29H2,1-5H3. The van der Waals surface area contributed by atoms with Gasteiger partial charge in [-0.25, -0.2) is 17.3 Å². The van der Waals surface area contributed by atoms with E-state index in [1.54, 1.807) is 7.11 Å². The van der Waals surface area contributed by atoms with Gasteiger partial charge < -0.3 is 19.4 Å². The van der Waals surface area contributed by atoms with Gasteiger partial charge in [-0.3, -0.25) is 0 Å². The van der Waals surface area contributed by atoms with Crippen molar-refractivity contribution in [1.29, 1.82) is 0 Å². The molecular weight excluding hydrogens is 628 g/mol. The third kappa shape index (κ3) is 10.9. The number of ether oxygens (including phenoxy) is 1. The second-order valence-corrected chi connectivity index (χ2v) is 16.4. The summed E-state index contributed by atoms with van der Waals surface area (Å²) in [6.07, 6.45) is 9.46. The van der Waals surface area contributed by atoms with E-state index in [4.69, 9.17) is 4.74 Å². The summed E-state index contributed by atoms with van der Waals surface area (Å²) in [5, 5.41) is 0. The maximum absolute atomic E-state index is 13.8. The quantitative estimate of drug-likeness (QED) is 0.248.